The maximum atomic E-state index is 13.6. The van der Waals surface area contributed by atoms with Gasteiger partial charge in [0, 0.05) is 73.2 Å². The summed E-state index contributed by atoms with van der Waals surface area (Å²) >= 11 is 0. The smallest absolute Gasteiger partial charge is 0.197 e. The van der Waals surface area contributed by atoms with E-state index in [1.807, 2.05) is 0 Å². The zero-order valence-electron chi connectivity index (χ0n) is 54.5. The predicted molar refractivity (Wildman–Crippen MR) is 202 cm³/mol. The van der Waals surface area contributed by atoms with Crippen LogP contribution in [0.15, 0.2) is 120 Å². The number of ether oxygens (including phenoxy) is 2. The van der Waals surface area contributed by atoms with E-state index >= 15 is 0 Å². The Morgan fingerprint density at radius 1 is 0.750 bits per heavy atom. The van der Waals surface area contributed by atoms with Crippen LogP contribution < -0.4 is 9.47 Å². The predicted octanol–water partition coefficient (Wildman–Crippen LogP) is 6.75. The number of hydrogen-bond donors (Lipinski definition) is 2. The summed E-state index contributed by atoms with van der Waals surface area (Å²) in [7, 11) is -12.4. The Morgan fingerprint density at radius 2 is 1.31 bits per heavy atom. The van der Waals surface area contributed by atoms with Gasteiger partial charge in [0.2, 0.25) is 0 Å². The van der Waals surface area contributed by atoms with Crippen molar-refractivity contribution in [3.05, 3.63) is 132 Å². The number of H-pyrrole nitrogens is 2. The molecule has 0 spiro atoms. The molecule has 264 valence electrons. The monoisotopic (exact) mass is 761 g/mol. The number of hydrogen-bond acceptors (Lipinski definition) is 8. The van der Waals surface area contributed by atoms with Crippen LogP contribution in [-0.2, 0) is 33.0 Å². The number of aromatic nitrogens is 8. The third-order valence-electron chi connectivity index (χ3n) is 6.67. The van der Waals surface area contributed by atoms with Gasteiger partial charge < -0.3 is 28.6 Å². The number of nitrogens with one attached hydrogen (secondary N) is 2. The number of nitrogens with zero attached hydrogens (tertiary/aromatic N) is 6. The highest BCUT2D eigenvalue weighted by Crippen LogP contribution is 2.25. The lowest BCUT2D eigenvalue weighted by molar-refractivity contribution is 0.410. The van der Waals surface area contributed by atoms with Gasteiger partial charge in [0.15, 0.2) is 11.7 Å². The first kappa shape index (κ1) is 14.3. The lowest BCUT2D eigenvalue weighted by Crippen LogP contribution is -2.03. The summed E-state index contributed by atoms with van der Waals surface area (Å²) < 4.78 is 266. The van der Waals surface area contributed by atoms with Gasteiger partial charge in [-0.1, -0.05) is 0 Å². The number of imidazole rings is 2. The van der Waals surface area contributed by atoms with E-state index in [1.165, 1.54) is 36.4 Å². The molecular formula is C38H36N8O4S2. The van der Waals surface area contributed by atoms with Crippen LogP contribution in [0.4, 0.5) is 0 Å². The Labute approximate surface area is 345 Å². The van der Waals surface area contributed by atoms with E-state index in [0.29, 0.717) is 4.98 Å². The van der Waals surface area contributed by atoms with E-state index in [4.69, 9.17) is 39.8 Å². The summed E-state index contributed by atoms with van der Waals surface area (Å²) in [5.74, 6) is -2.27. The molecule has 2 aromatic carbocycles. The van der Waals surface area contributed by atoms with Crippen LogP contribution in [0.5, 0.6) is 11.5 Å². The molecule has 0 bridgehead atoms. The lowest BCUT2D eigenvalue weighted by Gasteiger charge is -2.08. The van der Waals surface area contributed by atoms with Crippen molar-refractivity contribution >= 4 is 43.7 Å². The number of rotatable bonds is 10. The molecule has 6 aromatic heterocycles. The third-order valence-corrected chi connectivity index (χ3v) is 8.49. The van der Waals surface area contributed by atoms with E-state index in [9.17, 15) is 8.42 Å². The van der Waals surface area contributed by atoms with Crippen molar-refractivity contribution in [1.29, 1.82) is 0 Å². The minimum atomic E-state index is -3.34. The molecule has 0 saturated carbocycles. The van der Waals surface area contributed by atoms with Gasteiger partial charge in [-0.05, 0) is 86.4 Å². The molecule has 0 aliphatic rings. The van der Waals surface area contributed by atoms with Gasteiger partial charge in [-0.3, -0.25) is 18.4 Å². The Hall–Kier alpha value is -5.86. The highest BCUT2D eigenvalue weighted by Gasteiger charge is 2.17. The fourth-order valence-corrected chi connectivity index (χ4v) is 5.87. The number of methoxy groups -OCH3 is 2. The number of aromatic amines is 2. The van der Waals surface area contributed by atoms with E-state index in [2.05, 4.69) is 34.4 Å². The van der Waals surface area contributed by atoms with Crippen molar-refractivity contribution in [3.8, 4) is 22.9 Å². The molecule has 0 saturated heterocycles. The second-order valence-corrected chi connectivity index (χ2v) is 12.0. The van der Waals surface area contributed by atoms with Crippen LogP contribution in [0.25, 0.3) is 33.4 Å². The fourth-order valence-electron chi connectivity index (χ4n) is 4.29. The molecule has 0 fully saturated rings. The molecule has 8 aromatic rings. The molecule has 52 heavy (non-hydrogen) atoms. The lowest BCUT2D eigenvalue weighted by atomic mass is 10.2. The Kier molecular flexibility index (Phi) is 4.17. The van der Waals surface area contributed by atoms with Crippen molar-refractivity contribution in [2.24, 2.45) is 0 Å². The van der Waals surface area contributed by atoms with Gasteiger partial charge in [-0.2, -0.15) is 0 Å². The second-order valence-electron chi connectivity index (χ2n) is 9.79. The maximum Gasteiger partial charge on any atom is 0.197 e. The molecule has 0 radical (unpaired) electrons. The molecule has 2 N–H and O–H groups in total. The van der Waals surface area contributed by atoms with E-state index in [1.54, 1.807) is 0 Å². The molecule has 8 rings (SSSR count). The number of pyridine rings is 2. The van der Waals surface area contributed by atoms with Crippen molar-refractivity contribution in [3.63, 3.8) is 0 Å². The summed E-state index contributed by atoms with van der Waals surface area (Å²) in [6, 6.07) is 4.03. The molecule has 6 heterocycles. The topological polar surface area (TPSA) is 146 Å². The first-order chi connectivity index (χ1) is 36.9. The SMILES string of the molecule is [2H]c1nc(C([2H])([2H])S(=O)c2nc3cc(-n4c([2H])c([2H])c([2H])c4[2H])ccc3n2[2H])c(C([2H])([2H])[2H])c(OC([2H])([2H])[2H])c1[2H].[2H]c1nc(C([2H])([2H])S(=O)c2nc3ccc(-n4c([2H])c([2H])c([2H])c4[2H])cc3[nH]2)c(C([2H])([2H])[2H])c(OC([2H])([2H])[2H])c1[2H]. The second kappa shape index (κ2) is 15.2. The molecule has 0 aliphatic carbocycles. The van der Waals surface area contributed by atoms with Crippen LogP contribution in [0.3, 0.4) is 0 Å². The van der Waals surface area contributed by atoms with E-state index in [0.717, 1.165) is 9.13 Å². The Bertz CT molecular complexity index is 3850. The summed E-state index contributed by atoms with van der Waals surface area (Å²) in [6.45, 7) is -6.63. The minimum Gasteiger partial charge on any atom is -0.496 e. The standard InChI is InChI=1S/2C19H18N4O2S/c2*1-13-17(20-8-7-18(13)25-2)12-26(24)19-21-15-6-5-14(11-16(15)22-19)23-9-3-4-10-23/h2*3-11H,12H2,1-2H3,(H,21,22)/i2*1D3,2D3,3D,4D,7D,8D,9D,10D,12D2/hD. The maximum absolute atomic E-state index is 13.6. The minimum absolute atomic E-state index is 0.0200. The Morgan fingerprint density at radius 3 is 1.90 bits per heavy atom. The van der Waals surface area contributed by atoms with Crippen LogP contribution >= 0.6 is 0 Å². The molecule has 14 heteroatoms. The van der Waals surface area contributed by atoms with Crippen molar-refractivity contribution in [2.75, 3.05) is 14.1 Å². The number of fused-ring (bicyclic) bond motifs is 2. The normalized spacial score (nSPS) is 22.0. The van der Waals surface area contributed by atoms with Crippen LogP contribution in [-0.4, -0.2) is 61.5 Å². The van der Waals surface area contributed by atoms with Gasteiger partial charge in [-0.25, -0.2) is 9.97 Å². The van der Waals surface area contributed by atoms with E-state index in [-0.39, 0.29) is 33.4 Å². The van der Waals surface area contributed by atoms with Gasteiger partial charge >= 0.3 is 0 Å². The summed E-state index contributed by atoms with van der Waals surface area (Å²) in [6.07, 6.45) is -3.83. The molecule has 0 aliphatic heterocycles. The van der Waals surface area contributed by atoms with E-state index < -0.39 is 178 Å². The highest BCUT2D eigenvalue weighted by atomic mass is 32.2. The average Bonchev–Trinajstić information content (AvgIpc) is 4.14. The first-order valence-corrected chi connectivity index (χ1v) is 16.3. The van der Waals surface area contributed by atoms with Crippen LogP contribution in [0.2, 0.25) is 1.41 Å². The molecule has 0 amide bonds. The van der Waals surface area contributed by atoms with Crippen molar-refractivity contribution in [1.82, 2.24) is 39.0 Å². The van der Waals surface area contributed by atoms with Crippen LogP contribution in [0.1, 0.15) is 60.9 Å². The zero-order chi connectivity index (χ0) is 61.1. The Balaban J connectivity index is 0.000000234. The average molecular weight is 762 g/mol. The zero-order valence-corrected chi connectivity index (χ0v) is 27.2. The largest absolute Gasteiger partial charge is 0.496 e. The van der Waals surface area contributed by atoms with Gasteiger partial charge in [0.25, 0.3) is 0 Å². The quantitative estimate of drug-likeness (QED) is 0.156. The summed E-state index contributed by atoms with van der Waals surface area (Å²) in [5, 5.41) is -1.24. The molecular weight excluding hydrogens is 697 g/mol. The first-order valence-electron chi connectivity index (χ1n) is 28.5. The van der Waals surface area contributed by atoms with Gasteiger partial charge in [-0.15, -0.1) is 0 Å². The molecule has 2 unspecified atom stereocenters. The third kappa shape index (κ3) is 7.29. The molecule has 2 atom stereocenters. The molecule has 12 nitrogen and oxygen atoms in total. The van der Waals surface area contributed by atoms with Gasteiger partial charge in [0.1, 0.15) is 11.5 Å². The van der Waals surface area contributed by atoms with Crippen LogP contribution in [0, 0.1) is 13.7 Å². The van der Waals surface area contributed by atoms with Crippen molar-refractivity contribution < 1.29 is 57.7 Å². The van der Waals surface area contributed by atoms with Crippen molar-refractivity contribution in [2.45, 2.75) is 35.4 Å². The highest BCUT2D eigenvalue weighted by molar-refractivity contribution is 7.84. The fraction of sp³-hybridized carbons (Fsp3) is 0.158. The summed E-state index contributed by atoms with van der Waals surface area (Å²) in [4.78, 5) is 18.3. The number of benzene rings is 2. The van der Waals surface area contributed by atoms with Gasteiger partial charge in [0.05, 0.1) is 105 Å². The summed E-state index contributed by atoms with van der Waals surface area (Å²) in [5.41, 5.74) is -10.6.